The first-order valence-electron chi connectivity index (χ1n) is 4.71. The molecule has 15 heavy (non-hydrogen) atoms. The molecule has 4 nitrogen and oxygen atoms in total. The summed E-state index contributed by atoms with van der Waals surface area (Å²) in [6.07, 6.45) is 0. The highest BCUT2D eigenvalue weighted by molar-refractivity contribution is 5.58. The van der Waals surface area contributed by atoms with Crippen LogP contribution in [0, 0.1) is 13.8 Å². The second-order valence-electron chi connectivity index (χ2n) is 3.48. The zero-order valence-corrected chi connectivity index (χ0v) is 8.69. The molecule has 1 N–H and O–H groups in total. The van der Waals surface area contributed by atoms with Crippen molar-refractivity contribution in [3.05, 3.63) is 35.2 Å². The average Bonchev–Trinajstić information content (AvgIpc) is 2.66. The zero-order chi connectivity index (χ0) is 10.8. The van der Waals surface area contributed by atoms with E-state index in [2.05, 4.69) is 16.3 Å². The second kappa shape index (κ2) is 3.82. The highest BCUT2D eigenvalue weighted by Crippen LogP contribution is 2.22. The van der Waals surface area contributed by atoms with Gasteiger partial charge in [0.25, 0.3) is 0 Å². The summed E-state index contributed by atoms with van der Waals surface area (Å²) in [7, 11) is 0. The van der Waals surface area contributed by atoms with Gasteiger partial charge in [-0.3, -0.25) is 0 Å². The lowest BCUT2D eigenvalue weighted by atomic mass is 10.1. The van der Waals surface area contributed by atoms with Crippen LogP contribution in [0.5, 0.6) is 0 Å². The first kappa shape index (κ1) is 9.86. The van der Waals surface area contributed by atoms with Gasteiger partial charge in [0.05, 0.1) is 0 Å². The summed E-state index contributed by atoms with van der Waals surface area (Å²) in [5, 5.41) is 16.4. The number of rotatable bonds is 2. The molecule has 0 amide bonds. The molecule has 0 spiro atoms. The van der Waals surface area contributed by atoms with E-state index in [1.165, 1.54) is 5.56 Å². The molecular formula is C11H12N2O2. The van der Waals surface area contributed by atoms with Crippen molar-refractivity contribution in [2.24, 2.45) is 0 Å². The summed E-state index contributed by atoms with van der Waals surface area (Å²) in [5.74, 6) is 0.696. The molecule has 0 aliphatic heterocycles. The first-order valence-corrected chi connectivity index (χ1v) is 4.71. The van der Waals surface area contributed by atoms with Crippen LogP contribution in [-0.4, -0.2) is 15.3 Å². The summed E-state index contributed by atoms with van der Waals surface area (Å²) in [6, 6.07) is 5.99. The number of nitrogens with zero attached hydrogens (tertiary/aromatic N) is 2. The second-order valence-corrected chi connectivity index (χ2v) is 3.48. The van der Waals surface area contributed by atoms with Crippen LogP contribution in [0.25, 0.3) is 11.5 Å². The minimum Gasteiger partial charge on any atom is -0.418 e. The van der Waals surface area contributed by atoms with Crippen molar-refractivity contribution in [1.82, 2.24) is 10.2 Å². The van der Waals surface area contributed by atoms with Crippen LogP contribution in [0.4, 0.5) is 0 Å². The number of aromatic nitrogens is 2. The van der Waals surface area contributed by atoms with Crippen molar-refractivity contribution in [1.29, 1.82) is 0 Å². The summed E-state index contributed by atoms with van der Waals surface area (Å²) >= 11 is 0. The van der Waals surface area contributed by atoms with E-state index in [4.69, 9.17) is 9.52 Å². The molecule has 0 saturated carbocycles. The highest BCUT2D eigenvalue weighted by atomic mass is 16.4. The van der Waals surface area contributed by atoms with Gasteiger partial charge in [-0.1, -0.05) is 17.7 Å². The number of aliphatic hydroxyl groups excluding tert-OH is 1. The van der Waals surface area contributed by atoms with Crippen LogP contribution in [0.2, 0.25) is 0 Å². The molecule has 0 bridgehead atoms. The predicted molar refractivity (Wildman–Crippen MR) is 55.1 cm³/mol. The molecule has 0 atom stereocenters. The van der Waals surface area contributed by atoms with E-state index in [0.29, 0.717) is 5.89 Å². The van der Waals surface area contributed by atoms with E-state index in [0.717, 1.165) is 11.1 Å². The zero-order valence-electron chi connectivity index (χ0n) is 8.69. The molecule has 1 aromatic carbocycles. The van der Waals surface area contributed by atoms with E-state index in [1.54, 1.807) is 0 Å². The lowest BCUT2D eigenvalue weighted by Gasteiger charge is -2.01. The lowest BCUT2D eigenvalue weighted by Crippen LogP contribution is -1.84. The molecule has 0 fully saturated rings. The third kappa shape index (κ3) is 1.89. The highest BCUT2D eigenvalue weighted by Gasteiger charge is 2.09. The Hall–Kier alpha value is -1.68. The van der Waals surface area contributed by atoms with Gasteiger partial charge in [-0.05, 0) is 25.5 Å². The van der Waals surface area contributed by atoms with Crippen molar-refractivity contribution in [3.63, 3.8) is 0 Å². The van der Waals surface area contributed by atoms with Crippen LogP contribution in [0.3, 0.4) is 0 Å². The maximum absolute atomic E-state index is 8.82. The third-order valence-corrected chi connectivity index (χ3v) is 2.21. The summed E-state index contributed by atoms with van der Waals surface area (Å²) in [6.45, 7) is 3.80. The molecule has 0 unspecified atom stereocenters. The molecule has 0 saturated heterocycles. The van der Waals surface area contributed by atoms with Gasteiger partial charge in [-0.2, -0.15) is 0 Å². The molecule has 1 heterocycles. The standard InChI is InChI=1S/C11H12N2O2/c1-7-3-4-9(8(2)5-7)11-13-12-10(6-14)15-11/h3-5,14H,6H2,1-2H3. The van der Waals surface area contributed by atoms with Crippen LogP contribution in [0.15, 0.2) is 22.6 Å². The van der Waals surface area contributed by atoms with Crippen molar-refractivity contribution < 1.29 is 9.52 Å². The van der Waals surface area contributed by atoms with Gasteiger partial charge in [-0.25, -0.2) is 0 Å². The normalized spacial score (nSPS) is 10.6. The Morgan fingerprint density at radius 2 is 2.07 bits per heavy atom. The fraction of sp³-hybridized carbons (Fsp3) is 0.273. The Bertz CT molecular complexity index is 477. The average molecular weight is 204 g/mol. The molecule has 2 rings (SSSR count). The first-order chi connectivity index (χ1) is 7.20. The van der Waals surface area contributed by atoms with Gasteiger partial charge in [0.2, 0.25) is 11.8 Å². The number of hydrogen-bond acceptors (Lipinski definition) is 4. The maximum atomic E-state index is 8.82. The minimum atomic E-state index is -0.224. The Balaban J connectivity index is 2.44. The Morgan fingerprint density at radius 1 is 1.27 bits per heavy atom. The van der Waals surface area contributed by atoms with E-state index < -0.39 is 0 Å². The van der Waals surface area contributed by atoms with Crippen LogP contribution in [-0.2, 0) is 6.61 Å². The van der Waals surface area contributed by atoms with Crippen molar-refractivity contribution in [2.45, 2.75) is 20.5 Å². The van der Waals surface area contributed by atoms with E-state index in [9.17, 15) is 0 Å². The summed E-state index contributed by atoms with van der Waals surface area (Å²) < 4.78 is 5.27. The third-order valence-electron chi connectivity index (χ3n) is 2.21. The van der Waals surface area contributed by atoms with Gasteiger partial charge in [-0.15, -0.1) is 10.2 Å². The van der Waals surface area contributed by atoms with Crippen molar-refractivity contribution in [2.75, 3.05) is 0 Å². The van der Waals surface area contributed by atoms with Gasteiger partial charge in [0.1, 0.15) is 6.61 Å². The van der Waals surface area contributed by atoms with E-state index in [1.807, 2.05) is 26.0 Å². The molecule has 0 aliphatic rings. The van der Waals surface area contributed by atoms with Gasteiger partial charge in [0.15, 0.2) is 0 Å². The maximum Gasteiger partial charge on any atom is 0.248 e. The molecule has 0 aliphatic carbocycles. The van der Waals surface area contributed by atoms with Gasteiger partial charge >= 0.3 is 0 Å². The monoisotopic (exact) mass is 204 g/mol. The Morgan fingerprint density at radius 3 is 2.67 bits per heavy atom. The topological polar surface area (TPSA) is 59.2 Å². The molecule has 78 valence electrons. The Kier molecular flexibility index (Phi) is 2.51. The minimum absolute atomic E-state index is 0.224. The van der Waals surface area contributed by atoms with Crippen molar-refractivity contribution >= 4 is 0 Å². The van der Waals surface area contributed by atoms with Crippen LogP contribution < -0.4 is 0 Å². The van der Waals surface area contributed by atoms with E-state index in [-0.39, 0.29) is 12.5 Å². The lowest BCUT2D eigenvalue weighted by molar-refractivity contribution is 0.241. The fourth-order valence-electron chi connectivity index (χ4n) is 1.48. The number of benzene rings is 1. The number of hydrogen-bond donors (Lipinski definition) is 1. The molecule has 0 radical (unpaired) electrons. The van der Waals surface area contributed by atoms with Gasteiger partial charge < -0.3 is 9.52 Å². The van der Waals surface area contributed by atoms with Gasteiger partial charge in [0, 0.05) is 5.56 Å². The largest absolute Gasteiger partial charge is 0.418 e. The van der Waals surface area contributed by atoms with E-state index >= 15 is 0 Å². The smallest absolute Gasteiger partial charge is 0.248 e. The van der Waals surface area contributed by atoms with Crippen LogP contribution in [0.1, 0.15) is 17.0 Å². The molecule has 4 heteroatoms. The summed E-state index contributed by atoms with van der Waals surface area (Å²) in [4.78, 5) is 0. The predicted octanol–water partition coefficient (Wildman–Crippen LogP) is 1.85. The van der Waals surface area contributed by atoms with Crippen LogP contribution >= 0.6 is 0 Å². The quantitative estimate of drug-likeness (QED) is 0.810. The van der Waals surface area contributed by atoms with Crippen molar-refractivity contribution in [3.8, 4) is 11.5 Å². The SMILES string of the molecule is Cc1ccc(-c2nnc(CO)o2)c(C)c1. The molecular weight excluding hydrogens is 192 g/mol. The fourth-order valence-corrected chi connectivity index (χ4v) is 1.48. The number of aryl methyl sites for hydroxylation is 2. The number of aliphatic hydroxyl groups is 1. The molecule has 2 aromatic rings. The molecule has 1 aromatic heterocycles. The Labute approximate surface area is 87.6 Å². The summed E-state index contributed by atoms with van der Waals surface area (Å²) in [5.41, 5.74) is 3.19.